The van der Waals surface area contributed by atoms with Crippen molar-refractivity contribution < 1.29 is 14.7 Å². The van der Waals surface area contributed by atoms with Crippen LogP contribution in [0, 0.1) is 0 Å². The molecule has 0 aromatic heterocycles. The first-order valence-electron chi connectivity index (χ1n) is 4.33. The Kier molecular flexibility index (Phi) is 5.88. The average Bonchev–Trinajstić information content (AvgIpc) is 2.27. The molecule has 0 aromatic carbocycles. The Morgan fingerprint density at radius 3 is 2.60 bits per heavy atom. The van der Waals surface area contributed by atoms with Crippen molar-refractivity contribution in [2.45, 2.75) is 0 Å². The summed E-state index contributed by atoms with van der Waals surface area (Å²) in [6.07, 6.45) is 0.381. The highest BCUT2D eigenvalue weighted by atomic mass is 16.3. The Balaban J connectivity index is 4.78. The molecule has 0 fully saturated rings. The zero-order chi connectivity index (χ0) is 11.8. The number of hydrogen-bond donors (Lipinski definition) is 4. The van der Waals surface area contributed by atoms with Gasteiger partial charge in [0.1, 0.15) is 11.5 Å². The molecule has 0 atom stereocenters. The number of rotatable bonds is 6. The number of likely N-dealkylation sites (N-methyl/N-ethyl adjacent to an activating group) is 1. The third kappa shape index (κ3) is 3.86. The molecule has 2 amide bonds. The number of amides is 2. The summed E-state index contributed by atoms with van der Waals surface area (Å²) in [5.74, 6) is -0.451. The van der Waals surface area contributed by atoms with Gasteiger partial charge in [0.25, 0.3) is 5.91 Å². The molecule has 0 spiro atoms. The van der Waals surface area contributed by atoms with Crippen molar-refractivity contribution in [2.75, 3.05) is 27.2 Å². The Hall–Kier alpha value is -1.76. The minimum atomic E-state index is -0.565. The second-order valence-corrected chi connectivity index (χ2v) is 2.71. The zero-order valence-corrected chi connectivity index (χ0v) is 8.78. The zero-order valence-electron chi connectivity index (χ0n) is 8.78. The van der Waals surface area contributed by atoms with Gasteiger partial charge in [-0.05, 0) is 0 Å². The minimum Gasteiger partial charge on any atom is -0.395 e. The molecule has 0 saturated heterocycles. The first-order valence-corrected chi connectivity index (χ1v) is 4.33. The number of aliphatic hydroxyl groups is 1. The third-order valence-electron chi connectivity index (χ3n) is 1.64. The lowest BCUT2D eigenvalue weighted by Gasteiger charge is -2.15. The van der Waals surface area contributed by atoms with Gasteiger partial charge < -0.3 is 21.5 Å². The molecule has 0 aliphatic rings. The van der Waals surface area contributed by atoms with E-state index in [4.69, 9.17) is 10.8 Å². The molecular formula is C8H16N4O3. The maximum atomic E-state index is 11.6. The SMILES string of the molecule is CN/C(N)=C(/NCCO)C(=O)N(C)C=O. The first kappa shape index (κ1) is 13.2. The normalized spacial score (nSPS) is 11.4. The minimum absolute atomic E-state index is 0.0566. The molecule has 0 radical (unpaired) electrons. The van der Waals surface area contributed by atoms with E-state index in [-0.39, 0.29) is 24.7 Å². The summed E-state index contributed by atoms with van der Waals surface area (Å²) in [5.41, 5.74) is 5.57. The topological polar surface area (TPSA) is 108 Å². The molecule has 0 aliphatic heterocycles. The van der Waals surface area contributed by atoms with Gasteiger partial charge in [0.2, 0.25) is 6.41 Å². The summed E-state index contributed by atoms with van der Waals surface area (Å²) >= 11 is 0. The molecule has 0 unspecified atom stereocenters. The standard InChI is InChI=1S/C8H16N4O3/c1-10-7(9)6(11-3-4-13)8(15)12(2)5-14/h5,10-11,13H,3-4,9H2,1-2H3/b7-6+. The van der Waals surface area contributed by atoms with Crippen molar-refractivity contribution in [3.63, 3.8) is 0 Å². The van der Waals surface area contributed by atoms with Crippen LogP contribution in [0.4, 0.5) is 0 Å². The van der Waals surface area contributed by atoms with Gasteiger partial charge in [-0.25, -0.2) is 0 Å². The Bertz CT molecular complexity index is 265. The van der Waals surface area contributed by atoms with Crippen LogP contribution in [0.3, 0.4) is 0 Å². The average molecular weight is 216 g/mol. The Morgan fingerprint density at radius 2 is 2.20 bits per heavy atom. The summed E-state index contributed by atoms with van der Waals surface area (Å²) in [7, 11) is 2.86. The van der Waals surface area contributed by atoms with Crippen molar-refractivity contribution >= 4 is 12.3 Å². The number of carbonyl (C=O) groups is 2. The molecule has 0 rings (SSSR count). The van der Waals surface area contributed by atoms with Gasteiger partial charge >= 0.3 is 0 Å². The van der Waals surface area contributed by atoms with Gasteiger partial charge in [-0.3, -0.25) is 14.5 Å². The Morgan fingerprint density at radius 1 is 1.60 bits per heavy atom. The fourth-order valence-electron chi connectivity index (χ4n) is 0.816. The van der Waals surface area contributed by atoms with Crippen LogP contribution < -0.4 is 16.4 Å². The molecule has 7 heteroatoms. The van der Waals surface area contributed by atoms with Crippen LogP contribution in [0.2, 0.25) is 0 Å². The molecule has 0 heterocycles. The van der Waals surface area contributed by atoms with Crippen LogP contribution in [-0.2, 0) is 9.59 Å². The fraction of sp³-hybridized carbons (Fsp3) is 0.500. The first-order chi connectivity index (χ1) is 7.08. The molecule has 0 saturated carbocycles. The maximum Gasteiger partial charge on any atom is 0.279 e. The van der Waals surface area contributed by atoms with E-state index in [0.29, 0.717) is 6.41 Å². The van der Waals surface area contributed by atoms with Crippen molar-refractivity contribution in [1.29, 1.82) is 0 Å². The quantitative estimate of drug-likeness (QED) is 0.289. The number of nitrogens with two attached hydrogens (primary N) is 1. The van der Waals surface area contributed by atoms with Crippen molar-refractivity contribution in [2.24, 2.45) is 5.73 Å². The molecule has 5 N–H and O–H groups in total. The second-order valence-electron chi connectivity index (χ2n) is 2.71. The number of nitrogens with zero attached hydrogens (tertiary/aromatic N) is 1. The van der Waals surface area contributed by atoms with Crippen LogP contribution in [0.1, 0.15) is 0 Å². The monoisotopic (exact) mass is 216 g/mol. The van der Waals surface area contributed by atoms with E-state index >= 15 is 0 Å². The highest BCUT2D eigenvalue weighted by molar-refractivity contribution is 5.98. The Labute approximate surface area is 87.9 Å². The van der Waals surface area contributed by atoms with Crippen molar-refractivity contribution in [3.8, 4) is 0 Å². The van der Waals surface area contributed by atoms with Gasteiger partial charge in [-0.15, -0.1) is 0 Å². The number of hydrogen-bond acceptors (Lipinski definition) is 6. The van der Waals surface area contributed by atoms with Gasteiger partial charge in [-0.1, -0.05) is 0 Å². The number of aliphatic hydroxyl groups excluding tert-OH is 1. The number of carbonyl (C=O) groups excluding carboxylic acids is 2. The van der Waals surface area contributed by atoms with E-state index < -0.39 is 5.91 Å². The van der Waals surface area contributed by atoms with E-state index in [1.54, 1.807) is 7.05 Å². The molecule has 86 valence electrons. The predicted octanol–water partition coefficient (Wildman–Crippen LogP) is -2.47. The number of imide groups is 1. The summed E-state index contributed by atoms with van der Waals surface area (Å²) in [6, 6.07) is 0. The lowest BCUT2D eigenvalue weighted by molar-refractivity contribution is -0.133. The fourth-order valence-corrected chi connectivity index (χ4v) is 0.816. The van der Waals surface area contributed by atoms with E-state index in [9.17, 15) is 9.59 Å². The molecular weight excluding hydrogens is 200 g/mol. The molecule has 15 heavy (non-hydrogen) atoms. The van der Waals surface area contributed by atoms with Crippen LogP contribution in [0.5, 0.6) is 0 Å². The highest BCUT2D eigenvalue weighted by Gasteiger charge is 2.16. The highest BCUT2D eigenvalue weighted by Crippen LogP contribution is 1.96. The van der Waals surface area contributed by atoms with Gasteiger partial charge in [0.05, 0.1) is 6.61 Å². The van der Waals surface area contributed by atoms with Crippen LogP contribution >= 0.6 is 0 Å². The summed E-state index contributed by atoms with van der Waals surface area (Å²) in [6.45, 7) is 0.0364. The number of nitrogens with one attached hydrogen (secondary N) is 2. The van der Waals surface area contributed by atoms with Crippen molar-refractivity contribution in [3.05, 3.63) is 11.5 Å². The maximum absolute atomic E-state index is 11.6. The summed E-state index contributed by atoms with van der Waals surface area (Å²) in [5, 5.41) is 13.8. The molecule has 0 aliphatic carbocycles. The largest absolute Gasteiger partial charge is 0.395 e. The lowest BCUT2D eigenvalue weighted by atomic mass is 10.3. The van der Waals surface area contributed by atoms with E-state index in [1.807, 2.05) is 0 Å². The van der Waals surface area contributed by atoms with E-state index in [2.05, 4.69) is 10.6 Å². The third-order valence-corrected chi connectivity index (χ3v) is 1.64. The van der Waals surface area contributed by atoms with Gasteiger partial charge in [0, 0.05) is 20.6 Å². The van der Waals surface area contributed by atoms with Crippen molar-refractivity contribution in [1.82, 2.24) is 15.5 Å². The van der Waals surface area contributed by atoms with E-state index in [0.717, 1.165) is 4.90 Å². The smallest absolute Gasteiger partial charge is 0.279 e. The van der Waals surface area contributed by atoms with Gasteiger partial charge in [0.15, 0.2) is 0 Å². The summed E-state index contributed by atoms with van der Waals surface area (Å²) < 4.78 is 0. The lowest BCUT2D eigenvalue weighted by Crippen LogP contribution is -2.38. The van der Waals surface area contributed by atoms with Crippen LogP contribution in [0.25, 0.3) is 0 Å². The van der Waals surface area contributed by atoms with Crippen LogP contribution in [-0.4, -0.2) is 49.6 Å². The van der Waals surface area contributed by atoms with E-state index in [1.165, 1.54) is 7.05 Å². The van der Waals surface area contributed by atoms with Crippen LogP contribution in [0.15, 0.2) is 11.5 Å². The molecule has 0 aromatic rings. The molecule has 7 nitrogen and oxygen atoms in total. The summed E-state index contributed by atoms with van der Waals surface area (Å²) in [4.78, 5) is 22.8. The van der Waals surface area contributed by atoms with Gasteiger partial charge in [-0.2, -0.15) is 0 Å². The predicted molar refractivity (Wildman–Crippen MR) is 54.2 cm³/mol. The molecule has 0 bridgehead atoms. The second kappa shape index (κ2) is 6.66.